The van der Waals surface area contributed by atoms with E-state index in [0.717, 1.165) is 0 Å². The van der Waals surface area contributed by atoms with Crippen LogP contribution in [-0.4, -0.2) is 30.4 Å². The molecule has 0 spiro atoms. The Morgan fingerprint density at radius 1 is 0.714 bits per heavy atom. The Labute approximate surface area is 111 Å². The van der Waals surface area contributed by atoms with Gasteiger partial charge in [0.15, 0.2) is 6.72 Å². The molecule has 0 nitrogen and oxygen atoms in total. The normalized spacial score (nSPS) is 17.1. The summed E-state index contributed by atoms with van der Waals surface area (Å²) < 4.78 is 0. The molecule has 0 amide bonds. The minimum atomic E-state index is -0.266. The summed E-state index contributed by atoms with van der Waals surface area (Å²) in [5.74, 6) is 0. The molecular weight excluding hydrogens is 320 g/mol. The maximum absolute atomic E-state index is 2.70. The van der Waals surface area contributed by atoms with E-state index in [2.05, 4.69) is 61.6 Å². The second-order valence-corrected chi connectivity index (χ2v) is 12.9. The molecule has 0 aliphatic rings. The van der Waals surface area contributed by atoms with Crippen LogP contribution >= 0.6 is 15.6 Å². The molecule has 0 saturated heterocycles. The van der Waals surface area contributed by atoms with Crippen LogP contribution in [0.1, 0.15) is 41.5 Å². The Hall–Kier alpha value is 1.65. The Kier molecular flexibility index (Phi) is 8.25. The highest BCUT2D eigenvalue weighted by Crippen LogP contribution is 2.57. The number of halogens is 1. The van der Waals surface area contributed by atoms with Gasteiger partial charge in [0.2, 0.25) is 0 Å². The predicted octanol–water partition coefficient (Wildman–Crippen LogP) is 0.810. The van der Waals surface area contributed by atoms with Crippen LogP contribution in [0, 0.1) is 0 Å². The third kappa shape index (κ3) is 7.02. The lowest BCUT2D eigenvalue weighted by atomic mass is 10.2. The first-order valence-corrected chi connectivity index (χ1v) is 9.23. The molecule has 2 radical (unpaired) electrons. The highest BCUT2D eigenvalue weighted by atomic mass is 127. The SMILES string of the molecule is C[PH+]([B-][PH+](C)C(C)(C)C)C(C)(C)C.[I-]. The van der Waals surface area contributed by atoms with Crippen molar-refractivity contribution < 1.29 is 24.0 Å². The van der Waals surface area contributed by atoms with E-state index < -0.39 is 0 Å². The van der Waals surface area contributed by atoms with Crippen LogP contribution in [0.2, 0.25) is 0 Å². The maximum atomic E-state index is 2.70. The third-order valence-corrected chi connectivity index (χ3v) is 11.0. The Bertz CT molecular complexity index is 142. The molecule has 0 aliphatic carbocycles. The summed E-state index contributed by atoms with van der Waals surface area (Å²) in [5.41, 5.74) is 0. The number of rotatable bonds is 2. The first kappa shape index (κ1) is 18.0. The topological polar surface area (TPSA) is 0 Å². The molecular formula is C10H26BIP2. The monoisotopic (exact) mass is 346 g/mol. The average Bonchev–Trinajstić information content (AvgIpc) is 1.82. The van der Waals surface area contributed by atoms with Gasteiger partial charge in [-0.3, -0.25) is 0 Å². The van der Waals surface area contributed by atoms with Crippen LogP contribution in [0.15, 0.2) is 0 Å². The largest absolute Gasteiger partial charge is 1.00 e. The summed E-state index contributed by atoms with van der Waals surface area (Å²) in [4.78, 5) is 0. The van der Waals surface area contributed by atoms with Gasteiger partial charge in [-0.15, -0.1) is 0 Å². The van der Waals surface area contributed by atoms with Crippen molar-refractivity contribution in [1.82, 2.24) is 0 Å². The Morgan fingerprint density at radius 2 is 0.929 bits per heavy atom. The smallest absolute Gasteiger partial charge is 0.163 e. The second kappa shape index (κ2) is 6.40. The molecule has 0 aliphatic heterocycles. The zero-order valence-electron chi connectivity index (χ0n) is 11.0. The van der Waals surface area contributed by atoms with Crippen LogP contribution in [0.5, 0.6) is 0 Å². The molecule has 0 heterocycles. The van der Waals surface area contributed by atoms with Gasteiger partial charge in [0, 0.05) is 23.6 Å². The van der Waals surface area contributed by atoms with Crippen LogP contribution in [0.4, 0.5) is 0 Å². The van der Waals surface area contributed by atoms with Crippen LogP contribution in [0.25, 0.3) is 0 Å². The quantitative estimate of drug-likeness (QED) is 0.395. The Morgan fingerprint density at radius 3 is 1.07 bits per heavy atom. The second-order valence-electron chi connectivity index (χ2n) is 6.01. The molecule has 14 heavy (non-hydrogen) atoms. The molecule has 0 N–H and O–H groups in total. The van der Waals surface area contributed by atoms with Crippen LogP contribution < -0.4 is 24.0 Å². The third-order valence-electron chi connectivity index (χ3n) is 2.80. The summed E-state index contributed by atoms with van der Waals surface area (Å²) in [6.07, 6.45) is 0. The molecule has 4 heteroatoms. The molecule has 0 aromatic carbocycles. The zero-order valence-corrected chi connectivity index (χ0v) is 15.1. The summed E-state index contributed by atoms with van der Waals surface area (Å²) in [6.45, 7) is 21.8. The van der Waals surface area contributed by atoms with Crippen molar-refractivity contribution in [3.63, 3.8) is 0 Å². The average molecular weight is 346 g/mol. The molecule has 0 fully saturated rings. The summed E-state index contributed by atoms with van der Waals surface area (Å²) in [7, 11) is -0.533. The fourth-order valence-electron chi connectivity index (χ4n) is 0.758. The molecule has 0 aromatic heterocycles. The van der Waals surface area contributed by atoms with Gasteiger partial charge in [-0.05, 0) is 41.5 Å². The van der Waals surface area contributed by atoms with E-state index >= 15 is 0 Å². The minimum absolute atomic E-state index is 0. The van der Waals surface area contributed by atoms with Crippen molar-refractivity contribution in [3.05, 3.63) is 0 Å². The maximum Gasteiger partial charge on any atom is 0.163 e. The standard InChI is InChI=1S/C10H26BP2.HI/c1-9(2,3)12(7)11-13(8)10(4,5)6;/h12-13H,1-8H3;1H/q+1;/p-1. The van der Waals surface area contributed by atoms with E-state index in [1.54, 1.807) is 0 Å². The van der Waals surface area contributed by atoms with Crippen molar-refractivity contribution in [2.45, 2.75) is 51.9 Å². The highest BCUT2D eigenvalue weighted by Gasteiger charge is 2.28. The van der Waals surface area contributed by atoms with E-state index in [-0.39, 0.29) is 39.6 Å². The molecule has 0 saturated carbocycles. The van der Waals surface area contributed by atoms with Crippen molar-refractivity contribution in [2.75, 3.05) is 13.3 Å². The van der Waals surface area contributed by atoms with Gasteiger partial charge < -0.3 is 24.0 Å². The minimum Gasteiger partial charge on any atom is -1.00 e. The van der Waals surface area contributed by atoms with Gasteiger partial charge in [0.25, 0.3) is 0 Å². The highest BCUT2D eigenvalue weighted by molar-refractivity contribution is 8.15. The first-order chi connectivity index (χ1) is 5.55. The summed E-state index contributed by atoms with van der Waals surface area (Å²) >= 11 is 0. The van der Waals surface area contributed by atoms with Crippen molar-refractivity contribution >= 4 is 22.3 Å². The van der Waals surface area contributed by atoms with Crippen molar-refractivity contribution in [3.8, 4) is 0 Å². The molecule has 86 valence electrons. The molecule has 0 aromatic rings. The number of hydrogen-bond donors (Lipinski definition) is 0. The van der Waals surface area contributed by atoms with Crippen molar-refractivity contribution in [1.29, 1.82) is 0 Å². The van der Waals surface area contributed by atoms with E-state index in [4.69, 9.17) is 0 Å². The molecule has 2 atom stereocenters. The predicted molar refractivity (Wildman–Crippen MR) is 73.7 cm³/mol. The van der Waals surface area contributed by atoms with E-state index in [9.17, 15) is 0 Å². The first-order valence-electron chi connectivity index (χ1n) is 5.08. The van der Waals surface area contributed by atoms with Gasteiger partial charge in [0.1, 0.15) is 0 Å². The fraction of sp³-hybridized carbons (Fsp3) is 1.00. The lowest BCUT2D eigenvalue weighted by Gasteiger charge is -2.34. The summed E-state index contributed by atoms with van der Waals surface area (Å²) in [6, 6.07) is 0. The van der Waals surface area contributed by atoms with Gasteiger partial charge in [-0.2, -0.15) is 15.6 Å². The van der Waals surface area contributed by atoms with Gasteiger partial charge in [0.05, 0.1) is 0 Å². The lowest BCUT2D eigenvalue weighted by Crippen LogP contribution is -3.00. The van der Waals surface area contributed by atoms with Crippen LogP contribution in [-0.2, 0) is 0 Å². The zero-order chi connectivity index (χ0) is 10.9. The van der Waals surface area contributed by atoms with Gasteiger partial charge in [-0.25, -0.2) is 0 Å². The van der Waals surface area contributed by atoms with Crippen LogP contribution in [0.3, 0.4) is 0 Å². The van der Waals surface area contributed by atoms with Crippen molar-refractivity contribution in [2.24, 2.45) is 0 Å². The van der Waals surface area contributed by atoms with E-state index in [1.165, 1.54) is 0 Å². The fourth-order valence-corrected chi connectivity index (χ4v) is 6.82. The lowest BCUT2D eigenvalue weighted by molar-refractivity contribution is -0.00000346. The number of hydrogen-bond acceptors (Lipinski definition) is 0. The Balaban J connectivity index is 0. The molecule has 0 rings (SSSR count). The molecule has 0 bridgehead atoms. The van der Waals surface area contributed by atoms with Gasteiger partial charge in [-0.1, -0.05) is 0 Å². The van der Waals surface area contributed by atoms with E-state index in [0.29, 0.717) is 10.3 Å². The van der Waals surface area contributed by atoms with Gasteiger partial charge >= 0.3 is 0 Å². The molecule has 2 unspecified atom stereocenters. The van der Waals surface area contributed by atoms with E-state index in [1.807, 2.05) is 0 Å². The summed E-state index contributed by atoms with van der Waals surface area (Å²) in [5, 5.41) is 1.06.